The molecule has 0 atom stereocenters. The van der Waals surface area contributed by atoms with Crippen LogP contribution in [0, 0.1) is 5.92 Å². The molecule has 1 saturated carbocycles. The summed E-state index contributed by atoms with van der Waals surface area (Å²) in [5.41, 5.74) is 0.772. The van der Waals surface area contributed by atoms with Gasteiger partial charge < -0.3 is 15.2 Å². The third-order valence-electron chi connectivity index (χ3n) is 6.36. The summed E-state index contributed by atoms with van der Waals surface area (Å²) in [6.45, 7) is 0.440. The largest absolute Gasteiger partial charge is 0.416 e. The van der Waals surface area contributed by atoms with Gasteiger partial charge in [0, 0.05) is 24.6 Å². The first-order valence-electron chi connectivity index (χ1n) is 12.0. The van der Waals surface area contributed by atoms with Gasteiger partial charge >= 0.3 is 6.18 Å². The van der Waals surface area contributed by atoms with Gasteiger partial charge in [0.1, 0.15) is 12.4 Å². The average molecular weight is 487 g/mol. The summed E-state index contributed by atoms with van der Waals surface area (Å²) < 4.78 is 40.7. The highest BCUT2D eigenvalue weighted by Crippen LogP contribution is 2.30. The Morgan fingerprint density at radius 1 is 1.03 bits per heavy atom. The van der Waals surface area contributed by atoms with Gasteiger partial charge in [-0.05, 0) is 49.6 Å². The summed E-state index contributed by atoms with van der Waals surface area (Å²) >= 11 is 0. The Labute approximate surface area is 201 Å². The van der Waals surface area contributed by atoms with Crippen molar-refractivity contribution < 1.29 is 22.8 Å². The maximum absolute atomic E-state index is 13.0. The molecule has 1 aromatic heterocycles. The Morgan fingerprint density at radius 3 is 2.57 bits per heavy atom. The number of alkyl halides is 3. The van der Waals surface area contributed by atoms with Crippen molar-refractivity contribution in [2.45, 2.75) is 57.7 Å². The predicted octanol–water partition coefficient (Wildman–Crippen LogP) is 5.32. The van der Waals surface area contributed by atoms with Gasteiger partial charge in [-0.25, -0.2) is 4.98 Å². The van der Waals surface area contributed by atoms with Crippen molar-refractivity contribution >= 4 is 28.5 Å². The molecule has 1 heterocycles. The fourth-order valence-corrected chi connectivity index (χ4v) is 4.58. The Balaban J connectivity index is 1.40. The minimum atomic E-state index is -4.49. The summed E-state index contributed by atoms with van der Waals surface area (Å²) in [5, 5.41) is 5.58. The van der Waals surface area contributed by atoms with E-state index in [1.165, 1.54) is 18.6 Å². The highest BCUT2D eigenvalue weighted by Gasteiger charge is 2.30. The molecule has 0 aliphatic heterocycles. The molecule has 0 unspecified atom stereocenters. The summed E-state index contributed by atoms with van der Waals surface area (Å²) in [6.07, 6.45) is 2.02. The van der Waals surface area contributed by atoms with Gasteiger partial charge in [-0.15, -0.1) is 0 Å². The lowest BCUT2D eigenvalue weighted by Crippen LogP contribution is -2.32. The van der Waals surface area contributed by atoms with Crippen LogP contribution in [-0.4, -0.2) is 27.9 Å². The quantitative estimate of drug-likeness (QED) is 0.423. The van der Waals surface area contributed by atoms with E-state index in [-0.39, 0.29) is 24.1 Å². The van der Waals surface area contributed by atoms with E-state index in [1.54, 1.807) is 4.57 Å². The fraction of sp³-hybridized carbons (Fsp3) is 0.423. The molecule has 0 bridgehead atoms. The van der Waals surface area contributed by atoms with Crippen LogP contribution in [-0.2, 0) is 28.7 Å². The number of para-hydroxylation sites is 2. The second kappa shape index (κ2) is 10.9. The van der Waals surface area contributed by atoms with Crippen LogP contribution in [0.2, 0.25) is 0 Å². The van der Waals surface area contributed by atoms with Crippen molar-refractivity contribution in [3.05, 3.63) is 59.9 Å². The molecule has 0 saturated heterocycles. The fourth-order valence-electron chi connectivity index (χ4n) is 4.58. The van der Waals surface area contributed by atoms with Gasteiger partial charge in [0.15, 0.2) is 0 Å². The minimum Gasteiger partial charge on any atom is -0.356 e. The van der Waals surface area contributed by atoms with Crippen molar-refractivity contribution in [2.24, 2.45) is 5.92 Å². The number of nitrogens with one attached hydrogen (secondary N) is 2. The van der Waals surface area contributed by atoms with Crippen molar-refractivity contribution in [3.63, 3.8) is 0 Å². The second-order valence-corrected chi connectivity index (χ2v) is 8.96. The minimum absolute atomic E-state index is 0.0828. The first kappa shape index (κ1) is 24.8. The number of rotatable bonds is 8. The molecule has 2 amide bonds. The van der Waals surface area contributed by atoms with E-state index in [0.29, 0.717) is 25.2 Å². The third-order valence-corrected chi connectivity index (χ3v) is 6.36. The number of anilines is 1. The Kier molecular flexibility index (Phi) is 7.73. The van der Waals surface area contributed by atoms with Crippen LogP contribution in [0.3, 0.4) is 0 Å². The molecular weight excluding hydrogens is 457 g/mol. The summed E-state index contributed by atoms with van der Waals surface area (Å²) in [7, 11) is 0. The molecule has 3 aromatic rings. The third kappa shape index (κ3) is 6.41. The van der Waals surface area contributed by atoms with Crippen molar-refractivity contribution in [1.29, 1.82) is 0 Å². The number of hydrogen-bond donors (Lipinski definition) is 2. The van der Waals surface area contributed by atoms with Crippen LogP contribution in [0.15, 0.2) is 48.5 Å². The Hall–Kier alpha value is -3.36. The smallest absolute Gasteiger partial charge is 0.356 e. The molecule has 186 valence electrons. The molecule has 6 nitrogen and oxygen atoms in total. The standard InChI is InChI=1S/C26H29F3N4O2/c27-26(28,29)19-10-6-11-20(16-19)31-24(34)17-33-22-13-5-4-12-21(22)32-23(33)14-7-15-30-25(35)18-8-2-1-3-9-18/h4-6,10-13,16,18H,1-3,7-9,14-15,17H2,(H,30,35)(H,31,34). The monoisotopic (exact) mass is 486 g/mol. The normalized spacial score (nSPS) is 14.7. The number of aryl methyl sites for hydroxylation is 1. The highest BCUT2D eigenvalue weighted by molar-refractivity contribution is 5.91. The molecular formula is C26H29F3N4O2. The maximum Gasteiger partial charge on any atom is 0.416 e. The highest BCUT2D eigenvalue weighted by atomic mass is 19.4. The number of fused-ring (bicyclic) bond motifs is 1. The molecule has 2 aromatic carbocycles. The number of carbonyl (C=O) groups excluding carboxylic acids is 2. The van der Waals surface area contributed by atoms with Gasteiger partial charge in [0.25, 0.3) is 0 Å². The van der Waals surface area contributed by atoms with Gasteiger partial charge in [-0.3, -0.25) is 9.59 Å². The van der Waals surface area contributed by atoms with Gasteiger partial charge in [0.05, 0.1) is 16.6 Å². The molecule has 0 spiro atoms. The van der Waals surface area contributed by atoms with Crippen LogP contribution in [0.25, 0.3) is 11.0 Å². The predicted molar refractivity (Wildman–Crippen MR) is 128 cm³/mol. The molecule has 1 aliphatic carbocycles. The van der Waals surface area contributed by atoms with Gasteiger partial charge in [-0.2, -0.15) is 13.2 Å². The SMILES string of the molecule is O=C(Cn1c(CCCNC(=O)C2CCCCC2)nc2ccccc21)Nc1cccc(C(F)(F)F)c1. The number of imidazole rings is 1. The number of hydrogen-bond acceptors (Lipinski definition) is 3. The van der Waals surface area contributed by atoms with Crippen LogP contribution < -0.4 is 10.6 Å². The number of benzene rings is 2. The summed E-state index contributed by atoms with van der Waals surface area (Å²) in [6, 6.07) is 12.0. The average Bonchev–Trinajstić information content (AvgIpc) is 3.19. The van der Waals surface area contributed by atoms with E-state index >= 15 is 0 Å². The first-order chi connectivity index (χ1) is 16.8. The molecule has 35 heavy (non-hydrogen) atoms. The number of carbonyl (C=O) groups is 2. The molecule has 4 rings (SSSR count). The topological polar surface area (TPSA) is 76.0 Å². The lowest BCUT2D eigenvalue weighted by molar-refractivity contribution is -0.137. The summed E-state index contributed by atoms with van der Waals surface area (Å²) in [5.74, 6) is 0.461. The summed E-state index contributed by atoms with van der Waals surface area (Å²) in [4.78, 5) is 29.7. The van der Waals surface area contributed by atoms with Gasteiger partial charge in [0.2, 0.25) is 11.8 Å². The van der Waals surface area contributed by atoms with Crippen LogP contribution in [0.5, 0.6) is 0 Å². The molecule has 2 N–H and O–H groups in total. The Morgan fingerprint density at radius 2 is 1.80 bits per heavy atom. The van der Waals surface area contributed by atoms with Crippen molar-refractivity contribution in [2.75, 3.05) is 11.9 Å². The van der Waals surface area contributed by atoms with Gasteiger partial charge in [-0.1, -0.05) is 37.5 Å². The number of amides is 2. The maximum atomic E-state index is 13.0. The van der Waals surface area contributed by atoms with E-state index in [0.717, 1.165) is 48.8 Å². The molecule has 9 heteroatoms. The molecule has 1 aliphatic rings. The van der Waals surface area contributed by atoms with Crippen LogP contribution >= 0.6 is 0 Å². The lowest BCUT2D eigenvalue weighted by Gasteiger charge is -2.20. The number of aromatic nitrogens is 2. The first-order valence-corrected chi connectivity index (χ1v) is 12.0. The van der Waals surface area contributed by atoms with Crippen LogP contribution in [0.1, 0.15) is 49.9 Å². The van der Waals surface area contributed by atoms with E-state index in [1.807, 2.05) is 24.3 Å². The number of halogens is 3. The van der Waals surface area contributed by atoms with Crippen molar-refractivity contribution in [3.8, 4) is 0 Å². The zero-order valence-corrected chi connectivity index (χ0v) is 19.4. The zero-order chi connectivity index (χ0) is 24.8. The van der Waals surface area contributed by atoms with E-state index < -0.39 is 17.6 Å². The molecule has 0 radical (unpaired) electrons. The van der Waals surface area contributed by atoms with E-state index in [2.05, 4.69) is 15.6 Å². The van der Waals surface area contributed by atoms with E-state index in [4.69, 9.17) is 0 Å². The molecule has 1 fully saturated rings. The van der Waals surface area contributed by atoms with Crippen molar-refractivity contribution in [1.82, 2.24) is 14.9 Å². The zero-order valence-electron chi connectivity index (χ0n) is 19.4. The second-order valence-electron chi connectivity index (χ2n) is 8.96. The van der Waals surface area contributed by atoms with E-state index in [9.17, 15) is 22.8 Å². The lowest BCUT2D eigenvalue weighted by atomic mass is 9.89. The van der Waals surface area contributed by atoms with Crippen LogP contribution in [0.4, 0.5) is 18.9 Å². The Bertz CT molecular complexity index is 1180. The number of nitrogens with zero attached hydrogens (tertiary/aromatic N) is 2.